The second-order valence-corrected chi connectivity index (χ2v) is 4.71. The normalized spacial score (nSPS) is 18.2. The molecule has 0 aromatic rings. The third kappa shape index (κ3) is 6.91. The molecule has 0 aromatic heterocycles. The maximum atomic E-state index is 3.55. The number of hydrogen-bond donors (Lipinski definition) is 1. The van der Waals surface area contributed by atoms with Crippen LogP contribution in [0, 0.1) is 0 Å². The van der Waals surface area contributed by atoms with Crippen molar-refractivity contribution in [1.82, 2.24) is 10.2 Å². The number of hydrogen-bond acceptors (Lipinski definition) is 2. The highest BCUT2D eigenvalue weighted by atomic mass is 15.1. The summed E-state index contributed by atoms with van der Waals surface area (Å²) in [5.74, 6) is 0. The van der Waals surface area contributed by atoms with Gasteiger partial charge in [0.1, 0.15) is 0 Å². The molecular formula is C13H28N2. The lowest BCUT2D eigenvalue weighted by molar-refractivity contribution is 0.229. The van der Waals surface area contributed by atoms with Gasteiger partial charge in [-0.25, -0.2) is 0 Å². The molecule has 0 aliphatic carbocycles. The third-order valence-corrected chi connectivity index (χ3v) is 3.26. The van der Waals surface area contributed by atoms with E-state index < -0.39 is 0 Å². The van der Waals surface area contributed by atoms with Crippen LogP contribution in [0.1, 0.15) is 51.9 Å². The zero-order valence-electron chi connectivity index (χ0n) is 10.4. The SMILES string of the molecule is CCCCCCNCCN1CCCCC1. The molecule has 2 heteroatoms. The molecule has 15 heavy (non-hydrogen) atoms. The molecule has 1 fully saturated rings. The number of nitrogens with one attached hydrogen (secondary N) is 1. The zero-order chi connectivity index (χ0) is 10.8. The lowest BCUT2D eigenvalue weighted by Crippen LogP contribution is -2.36. The van der Waals surface area contributed by atoms with Gasteiger partial charge in [0.25, 0.3) is 0 Å². The first kappa shape index (κ1) is 13.0. The minimum absolute atomic E-state index is 1.19. The Labute approximate surface area is 95.4 Å². The van der Waals surface area contributed by atoms with E-state index in [-0.39, 0.29) is 0 Å². The predicted octanol–water partition coefficient (Wildman–Crippen LogP) is 2.64. The van der Waals surface area contributed by atoms with Crippen LogP contribution >= 0.6 is 0 Å². The fourth-order valence-corrected chi connectivity index (χ4v) is 2.22. The molecule has 0 atom stereocenters. The van der Waals surface area contributed by atoms with Gasteiger partial charge in [-0.2, -0.15) is 0 Å². The van der Waals surface area contributed by atoms with Gasteiger partial charge in [-0.1, -0.05) is 32.6 Å². The predicted molar refractivity (Wildman–Crippen MR) is 67.3 cm³/mol. The van der Waals surface area contributed by atoms with Gasteiger partial charge in [-0.3, -0.25) is 0 Å². The number of rotatable bonds is 8. The van der Waals surface area contributed by atoms with Crippen LogP contribution in [0.5, 0.6) is 0 Å². The van der Waals surface area contributed by atoms with Gasteiger partial charge in [0, 0.05) is 13.1 Å². The lowest BCUT2D eigenvalue weighted by atomic mass is 10.1. The van der Waals surface area contributed by atoms with Crippen molar-refractivity contribution in [2.24, 2.45) is 0 Å². The Kier molecular flexibility index (Phi) is 7.94. The van der Waals surface area contributed by atoms with E-state index in [1.54, 1.807) is 0 Å². The number of unbranched alkanes of at least 4 members (excludes halogenated alkanes) is 3. The Bertz CT molecular complexity index is 130. The van der Waals surface area contributed by atoms with Gasteiger partial charge in [0.2, 0.25) is 0 Å². The van der Waals surface area contributed by atoms with Crippen molar-refractivity contribution in [1.29, 1.82) is 0 Å². The Morgan fingerprint density at radius 2 is 1.73 bits per heavy atom. The first-order valence-electron chi connectivity index (χ1n) is 6.86. The topological polar surface area (TPSA) is 15.3 Å². The third-order valence-electron chi connectivity index (χ3n) is 3.26. The van der Waals surface area contributed by atoms with Crippen LogP contribution in [0.25, 0.3) is 0 Å². The molecular weight excluding hydrogens is 184 g/mol. The Morgan fingerprint density at radius 3 is 2.47 bits per heavy atom. The molecule has 0 radical (unpaired) electrons. The van der Waals surface area contributed by atoms with Crippen LogP contribution in [0.4, 0.5) is 0 Å². The van der Waals surface area contributed by atoms with Crippen molar-refractivity contribution in [3.05, 3.63) is 0 Å². The average Bonchev–Trinajstić information content (AvgIpc) is 2.29. The number of likely N-dealkylation sites (tertiary alicyclic amines) is 1. The summed E-state index contributed by atoms with van der Waals surface area (Å²) in [6.07, 6.45) is 9.76. The van der Waals surface area contributed by atoms with E-state index in [4.69, 9.17) is 0 Å². The molecule has 1 aliphatic heterocycles. The van der Waals surface area contributed by atoms with Crippen LogP contribution in [0.2, 0.25) is 0 Å². The molecule has 1 aliphatic rings. The fourth-order valence-electron chi connectivity index (χ4n) is 2.22. The lowest BCUT2D eigenvalue weighted by Gasteiger charge is -2.26. The van der Waals surface area contributed by atoms with Crippen LogP contribution < -0.4 is 5.32 Å². The monoisotopic (exact) mass is 212 g/mol. The molecule has 1 N–H and O–H groups in total. The van der Waals surface area contributed by atoms with Gasteiger partial charge in [-0.05, 0) is 38.9 Å². The molecule has 0 amide bonds. The number of nitrogens with zero attached hydrogens (tertiary/aromatic N) is 1. The summed E-state index contributed by atoms with van der Waals surface area (Å²) < 4.78 is 0. The molecule has 0 unspecified atom stereocenters. The van der Waals surface area contributed by atoms with Gasteiger partial charge >= 0.3 is 0 Å². The standard InChI is InChI=1S/C13H28N2/c1-2-3-4-6-9-14-10-13-15-11-7-5-8-12-15/h14H,2-13H2,1H3. The summed E-state index contributed by atoms with van der Waals surface area (Å²) in [5, 5.41) is 3.55. The molecule has 2 nitrogen and oxygen atoms in total. The summed E-state index contributed by atoms with van der Waals surface area (Å²) >= 11 is 0. The van der Waals surface area contributed by atoms with Crippen LogP contribution in [0.15, 0.2) is 0 Å². The van der Waals surface area contributed by atoms with Crippen molar-refractivity contribution >= 4 is 0 Å². The van der Waals surface area contributed by atoms with Crippen molar-refractivity contribution in [2.45, 2.75) is 51.9 Å². The second kappa shape index (κ2) is 9.17. The summed E-state index contributed by atoms with van der Waals surface area (Å²) in [7, 11) is 0. The van der Waals surface area contributed by atoms with E-state index in [1.807, 2.05) is 0 Å². The van der Waals surface area contributed by atoms with E-state index in [9.17, 15) is 0 Å². The van der Waals surface area contributed by atoms with Gasteiger partial charge in [-0.15, -0.1) is 0 Å². The summed E-state index contributed by atoms with van der Waals surface area (Å²) in [6.45, 7) is 8.59. The van der Waals surface area contributed by atoms with Crippen LogP contribution in [-0.4, -0.2) is 37.6 Å². The number of piperidine rings is 1. The molecule has 1 saturated heterocycles. The highest BCUT2D eigenvalue weighted by Crippen LogP contribution is 2.07. The minimum Gasteiger partial charge on any atom is -0.315 e. The van der Waals surface area contributed by atoms with Crippen molar-refractivity contribution in [3.63, 3.8) is 0 Å². The highest BCUT2D eigenvalue weighted by molar-refractivity contribution is 4.65. The molecule has 0 bridgehead atoms. The largest absolute Gasteiger partial charge is 0.315 e. The van der Waals surface area contributed by atoms with E-state index in [2.05, 4.69) is 17.1 Å². The van der Waals surface area contributed by atoms with Crippen molar-refractivity contribution < 1.29 is 0 Å². The molecule has 0 saturated carbocycles. The fraction of sp³-hybridized carbons (Fsp3) is 1.00. The zero-order valence-corrected chi connectivity index (χ0v) is 10.4. The molecule has 90 valence electrons. The van der Waals surface area contributed by atoms with Gasteiger partial charge in [0.05, 0.1) is 0 Å². The highest BCUT2D eigenvalue weighted by Gasteiger charge is 2.08. The van der Waals surface area contributed by atoms with Crippen molar-refractivity contribution in [2.75, 3.05) is 32.7 Å². The second-order valence-electron chi connectivity index (χ2n) is 4.71. The first-order chi connectivity index (χ1) is 7.43. The molecule has 0 spiro atoms. The molecule has 1 heterocycles. The van der Waals surface area contributed by atoms with Crippen LogP contribution in [-0.2, 0) is 0 Å². The molecule has 1 rings (SSSR count). The Hall–Kier alpha value is -0.0800. The van der Waals surface area contributed by atoms with E-state index in [0.29, 0.717) is 0 Å². The Balaban J connectivity index is 1.79. The minimum atomic E-state index is 1.19. The average molecular weight is 212 g/mol. The smallest absolute Gasteiger partial charge is 0.0107 e. The summed E-state index contributed by atoms with van der Waals surface area (Å²) in [4.78, 5) is 2.60. The van der Waals surface area contributed by atoms with E-state index >= 15 is 0 Å². The van der Waals surface area contributed by atoms with Gasteiger partial charge < -0.3 is 10.2 Å². The molecule has 0 aromatic carbocycles. The summed E-state index contributed by atoms with van der Waals surface area (Å²) in [5.41, 5.74) is 0. The first-order valence-corrected chi connectivity index (χ1v) is 6.86. The maximum Gasteiger partial charge on any atom is 0.0107 e. The quantitative estimate of drug-likeness (QED) is 0.622. The van der Waals surface area contributed by atoms with E-state index in [1.165, 1.54) is 77.7 Å². The van der Waals surface area contributed by atoms with Crippen LogP contribution in [0.3, 0.4) is 0 Å². The van der Waals surface area contributed by atoms with Gasteiger partial charge in [0.15, 0.2) is 0 Å². The Morgan fingerprint density at radius 1 is 0.933 bits per heavy atom. The summed E-state index contributed by atoms with van der Waals surface area (Å²) in [6, 6.07) is 0. The van der Waals surface area contributed by atoms with E-state index in [0.717, 1.165) is 0 Å². The maximum absolute atomic E-state index is 3.55. The van der Waals surface area contributed by atoms with Crippen molar-refractivity contribution in [3.8, 4) is 0 Å².